The van der Waals surface area contributed by atoms with E-state index in [9.17, 15) is 19.1 Å². The molecule has 1 fully saturated rings. The van der Waals surface area contributed by atoms with Gasteiger partial charge in [-0.05, 0) is 56.4 Å². The van der Waals surface area contributed by atoms with Crippen LogP contribution in [-0.2, 0) is 16.8 Å². The van der Waals surface area contributed by atoms with E-state index >= 15 is 0 Å². The Balaban J connectivity index is 1.40. The van der Waals surface area contributed by atoms with Gasteiger partial charge in [0.05, 0.1) is 18.1 Å². The van der Waals surface area contributed by atoms with Crippen LogP contribution < -0.4 is 15.8 Å². The molecule has 40 heavy (non-hydrogen) atoms. The second kappa shape index (κ2) is 10.3. The van der Waals surface area contributed by atoms with Gasteiger partial charge in [-0.3, -0.25) is 14.0 Å². The molecule has 4 aromatic rings. The molecule has 0 aliphatic heterocycles. The number of methoxy groups -OCH3 is 1. The number of hydrogen-bond donors (Lipinski definition) is 3. The fraction of sp³-hybridized carbons (Fsp3) is 0.333. The van der Waals surface area contributed by atoms with Gasteiger partial charge in [-0.2, -0.15) is 0 Å². The predicted molar refractivity (Wildman–Crippen MR) is 149 cm³/mol. The third-order valence-electron chi connectivity index (χ3n) is 8.18. The van der Waals surface area contributed by atoms with Crippen molar-refractivity contribution < 1.29 is 23.8 Å². The number of imidazole rings is 1. The summed E-state index contributed by atoms with van der Waals surface area (Å²) in [5, 5.41) is 12.5. The van der Waals surface area contributed by atoms with Crippen LogP contribution in [0, 0.1) is 11.2 Å². The number of nitrogens with zero attached hydrogens (tertiary/aromatic N) is 3. The zero-order chi connectivity index (χ0) is 28.7. The van der Waals surface area contributed by atoms with E-state index in [1.165, 1.54) is 19.2 Å². The van der Waals surface area contributed by atoms with Crippen LogP contribution in [0.15, 0.2) is 54.9 Å². The lowest BCUT2D eigenvalue weighted by molar-refractivity contribution is -0.150. The highest BCUT2D eigenvalue weighted by Gasteiger charge is 2.45. The number of fused-ring (bicyclic) bond motifs is 1. The summed E-state index contributed by atoms with van der Waals surface area (Å²) in [6, 6.07) is 11.4. The molecule has 1 amide bonds. The minimum atomic E-state index is -0.761. The van der Waals surface area contributed by atoms with Crippen LogP contribution in [0.3, 0.4) is 0 Å². The standard InChI is InChI=1S/C30H32FN5O4/c1-29(10-12-30(2,13-11-29)28(38)39)27-35-23(24-25(32)33-14-15-36(24)27)19-6-4-18(5-7-19)17-34-26(37)21-16-20(31)8-9-22(21)40-3/h4-9,14-16H,10-13,17H2,1-3H3,(H2,32,33)(H,34,37)(H,38,39)/t29-,30-. The summed E-state index contributed by atoms with van der Waals surface area (Å²) >= 11 is 0. The number of carbonyl (C=O) groups is 2. The van der Waals surface area contributed by atoms with Gasteiger partial charge >= 0.3 is 5.97 Å². The number of carbonyl (C=O) groups excluding carboxylic acids is 1. The number of rotatable bonds is 7. The smallest absolute Gasteiger partial charge is 0.309 e. The van der Waals surface area contributed by atoms with E-state index in [-0.39, 0.29) is 17.5 Å². The molecule has 2 heterocycles. The van der Waals surface area contributed by atoms with Crippen LogP contribution in [0.5, 0.6) is 5.75 Å². The first-order valence-electron chi connectivity index (χ1n) is 13.1. The Morgan fingerprint density at radius 1 is 1.12 bits per heavy atom. The second-order valence-electron chi connectivity index (χ2n) is 11.0. The molecular weight excluding hydrogens is 513 g/mol. The van der Waals surface area contributed by atoms with Crippen molar-refractivity contribution >= 4 is 23.2 Å². The third-order valence-corrected chi connectivity index (χ3v) is 8.18. The van der Waals surface area contributed by atoms with Crippen LogP contribution in [0.4, 0.5) is 10.2 Å². The summed E-state index contributed by atoms with van der Waals surface area (Å²) in [6.45, 7) is 4.17. The Hall–Kier alpha value is -4.47. The quantitative estimate of drug-likeness (QED) is 0.298. The first-order chi connectivity index (χ1) is 19.0. The van der Waals surface area contributed by atoms with E-state index < -0.39 is 23.1 Å². The molecule has 0 atom stereocenters. The topological polar surface area (TPSA) is 132 Å². The molecule has 0 radical (unpaired) electrons. The lowest BCUT2D eigenvalue weighted by Crippen LogP contribution is -2.39. The Bertz CT molecular complexity index is 1590. The molecular formula is C30H32FN5O4. The van der Waals surface area contributed by atoms with Crippen molar-refractivity contribution in [1.82, 2.24) is 19.7 Å². The van der Waals surface area contributed by atoms with Gasteiger partial charge in [-0.15, -0.1) is 0 Å². The maximum Gasteiger partial charge on any atom is 0.309 e. The average molecular weight is 546 g/mol. The molecule has 0 unspecified atom stereocenters. The zero-order valence-electron chi connectivity index (χ0n) is 22.7. The van der Waals surface area contributed by atoms with Gasteiger partial charge in [0.1, 0.15) is 34.4 Å². The highest BCUT2D eigenvalue weighted by atomic mass is 19.1. The number of aromatic nitrogens is 3. The molecule has 5 rings (SSSR count). The summed E-state index contributed by atoms with van der Waals surface area (Å²) in [5.74, 6) is -0.242. The summed E-state index contributed by atoms with van der Waals surface area (Å²) < 4.78 is 20.8. The summed E-state index contributed by atoms with van der Waals surface area (Å²) in [7, 11) is 1.43. The van der Waals surface area contributed by atoms with Crippen molar-refractivity contribution in [2.75, 3.05) is 12.8 Å². The van der Waals surface area contributed by atoms with Crippen LogP contribution in [0.2, 0.25) is 0 Å². The maximum absolute atomic E-state index is 13.7. The number of carboxylic acid groups (broad SMARTS) is 1. The molecule has 1 saturated carbocycles. The first kappa shape index (κ1) is 27.1. The Labute approximate surface area is 231 Å². The number of halogens is 1. The molecule has 9 nitrogen and oxygen atoms in total. The number of carboxylic acids is 1. The zero-order valence-corrected chi connectivity index (χ0v) is 22.7. The lowest BCUT2D eigenvalue weighted by atomic mass is 9.65. The normalized spacial score (nSPS) is 20.8. The number of benzene rings is 2. The van der Waals surface area contributed by atoms with Crippen LogP contribution in [0.1, 0.15) is 61.3 Å². The predicted octanol–water partition coefficient (Wildman–Crippen LogP) is 4.98. The Kier molecular flexibility index (Phi) is 6.95. The molecule has 0 spiro atoms. The number of nitrogens with two attached hydrogens (primary N) is 1. The molecule has 10 heteroatoms. The molecule has 2 aromatic heterocycles. The third kappa shape index (κ3) is 4.85. The largest absolute Gasteiger partial charge is 0.496 e. The molecule has 1 aliphatic rings. The van der Waals surface area contributed by atoms with E-state index in [0.717, 1.165) is 23.0 Å². The number of anilines is 1. The summed E-state index contributed by atoms with van der Waals surface area (Å²) in [4.78, 5) is 33.8. The van der Waals surface area contributed by atoms with E-state index in [2.05, 4.69) is 17.2 Å². The number of amides is 1. The second-order valence-corrected chi connectivity index (χ2v) is 11.0. The minimum Gasteiger partial charge on any atom is -0.496 e. The molecule has 4 N–H and O–H groups in total. The van der Waals surface area contributed by atoms with Crippen molar-refractivity contribution in [1.29, 1.82) is 0 Å². The first-order valence-corrected chi connectivity index (χ1v) is 13.1. The molecule has 208 valence electrons. The van der Waals surface area contributed by atoms with E-state index in [4.69, 9.17) is 15.5 Å². The average Bonchev–Trinajstić information content (AvgIpc) is 3.35. The van der Waals surface area contributed by atoms with Gasteiger partial charge in [0.25, 0.3) is 5.91 Å². The van der Waals surface area contributed by atoms with E-state index in [1.54, 1.807) is 6.20 Å². The molecule has 1 aliphatic carbocycles. The van der Waals surface area contributed by atoms with Crippen LogP contribution in [-0.4, -0.2) is 38.5 Å². The number of ether oxygens (including phenoxy) is 1. The summed E-state index contributed by atoms with van der Waals surface area (Å²) in [6.07, 6.45) is 5.98. The highest BCUT2D eigenvalue weighted by molar-refractivity contribution is 5.97. The van der Waals surface area contributed by atoms with E-state index in [0.29, 0.717) is 48.5 Å². The van der Waals surface area contributed by atoms with Crippen molar-refractivity contribution in [2.24, 2.45) is 5.41 Å². The van der Waals surface area contributed by atoms with Gasteiger partial charge in [-0.25, -0.2) is 14.4 Å². The summed E-state index contributed by atoms with van der Waals surface area (Å²) in [5.41, 5.74) is 8.45. The van der Waals surface area contributed by atoms with Crippen molar-refractivity contribution in [3.63, 3.8) is 0 Å². The Morgan fingerprint density at radius 2 is 1.82 bits per heavy atom. The molecule has 2 aromatic carbocycles. The Morgan fingerprint density at radius 3 is 2.48 bits per heavy atom. The van der Waals surface area contributed by atoms with Crippen molar-refractivity contribution in [3.05, 3.63) is 77.6 Å². The van der Waals surface area contributed by atoms with Gasteiger partial charge in [0.15, 0.2) is 0 Å². The SMILES string of the molecule is COc1ccc(F)cc1C(=O)NCc1ccc(-c2nc([C@]3(C)CC[C@@](C)(C(=O)O)CC3)n3ccnc(N)c23)cc1. The van der Waals surface area contributed by atoms with Crippen LogP contribution in [0.25, 0.3) is 16.8 Å². The molecule has 0 bridgehead atoms. The lowest BCUT2D eigenvalue weighted by Gasteiger charge is -2.40. The molecule has 0 saturated heterocycles. The van der Waals surface area contributed by atoms with Gasteiger partial charge < -0.3 is 20.9 Å². The number of nitrogens with one attached hydrogen (secondary N) is 1. The van der Waals surface area contributed by atoms with Gasteiger partial charge in [-0.1, -0.05) is 31.2 Å². The monoisotopic (exact) mass is 545 g/mol. The van der Waals surface area contributed by atoms with Crippen LogP contribution >= 0.6 is 0 Å². The van der Waals surface area contributed by atoms with E-state index in [1.807, 2.05) is 41.8 Å². The maximum atomic E-state index is 13.7. The highest BCUT2D eigenvalue weighted by Crippen LogP contribution is 2.47. The van der Waals surface area contributed by atoms with Gasteiger partial charge in [0, 0.05) is 29.9 Å². The number of hydrogen-bond acceptors (Lipinski definition) is 6. The fourth-order valence-electron chi connectivity index (χ4n) is 5.40. The number of nitrogen functional groups attached to an aromatic ring is 1. The minimum absolute atomic E-state index is 0.124. The van der Waals surface area contributed by atoms with Crippen molar-refractivity contribution in [3.8, 4) is 17.0 Å². The number of aliphatic carboxylic acids is 1. The van der Waals surface area contributed by atoms with Crippen molar-refractivity contribution in [2.45, 2.75) is 51.5 Å². The van der Waals surface area contributed by atoms with Gasteiger partial charge in [0.2, 0.25) is 0 Å². The fourth-order valence-corrected chi connectivity index (χ4v) is 5.40.